The Morgan fingerprint density at radius 2 is 1.93 bits per heavy atom. The van der Waals surface area contributed by atoms with Crippen LogP contribution in [0.25, 0.3) is 0 Å². The van der Waals surface area contributed by atoms with E-state index in [1.54, 1.807) is 18.9 Å². The van der Waals surface area contributed by atoms with E-state index >= 15 is 0 Å². The third-order valence-corrected chi connectivity index (χ3v) is 5.91. The van der Waals surface area contributed by atoms with E-state index in [1.165, 1.54) is 11.9 Å². The molecule has 10 heteroatoms. The van der Waals surface area contributed by atoms with Crippen LogP contribution in [0.3, 0.4) is 0 Å². The summed E-state index contributed by atoms with van der Waals surface area (Å²) in [5, 5.41) is 6.84. The Kier molecular flexibility index (Phi) is 4.08. The lowest BCUT2D eigenvalue weighted by atomic mass is 9.86. The normalized spacial score (nSPS) is 23.3. The molecule has 1 spiro atoms. The fraction of sp³-hybridized carbons (Fsp3) is 0.706. The van der Waals surface area contributed by atoms with Gasteiger partial charge in [-0.15, -0.1) is 0 Å². The van der Waals surface area contributed by atoms with Crippen molar-refractivity contribution in [2.24, 2.45) is 0 Å². The Bertz CT molecular complexity index is 780. The van der Waals surface area contributed by atoms with Crippen LogP contribution in [-0.2, 0) is 4.79 Å². The minimum Gasteiger partial charge on any atom is -0.337 e. The third-order valence-electron chi connectivity index (χ3n) is 5.91. The molecule has 4 rings (SSSR count). The maximum absolute atomic E-state index is 12.6. The topological polar surface area (TPSA) is 112 Å². The first-order chi connectivity index (χ1) is 12.8. The van der Waals surface area contributed by atoms with Gasteiger partial charge in [0.05, 0.1) is 0 Å². The summed E-state index contributed by atoms with van der Waals surface area (Å²) in [4.78, 5) is 45.9. The molecule has 3 heterocycles. The molecular weight excluding hydrogens is 352 g/mol. The lowest BCUT2D eigenvalue weighted by Crippen LogP contribution is -2.57. The van der Waals surface area contributed by atoms with Crippen molar-refractivity contribution in [2.75, 3.05) is 27.2 Å². The zero-order chi connectivity index (χ0) is 19.3. The van der Waals surface area contributed by atoms with E-state index in [9.17, 15) is 14.4 Å². The highest BCUT2D eigenvalue weighted by molar-refractivity contribution is 6.06. The fourth-order valence-electron chi connectivity index (χ4n) is 3.85. The van der Waals surface area contributed by atoms with Gasteiger partial charge in [-0.3, -0.25) is 9.69 Å². The smallest absolute Gasteiger partial charge is 0.327 e. The number of carbonyl (C=O) groups is 3. The molecule has 1 saturated carbocycles. The highest BCUT2D eigenvalue weighted by Crippen LogP contribution is 2.38. The van der Waals surface area contributed by atoms with Gasteiger partial charge >= 0.3 is 12.1 Å². The lowest BCUT2D eigenvalue weighted by molar-refractivity contribution is -0.134. The van der Waals surface area contributed by atoms with Crippen LogP contribution in [0.15, 0.2) is 4.52 Å². The quantitative estimate of drug-likeness (QED) is 0.790. The van der Waals surface area contributed by atoms with Crippen molar-refractivity contribution in [3.8, 4) is 0 Å². The molecule has 10 nitrogen and oxygen atoms in total. The van der Waals surface area contributed by atoms with E-state index in [4.69, 9.17) is 4.52 Å². The van der Waals surface area contributed by atoms with E-state index in [2.05, 4.69) is 15.5 Å². The molecule has 0 bridgehead atoms. The Morgan fingerprint density at radius 1 is 1.26 bits per heavy atom. The molecule has 1 aliphatic carbocycles. The maximum Gasteiger partial charge on any atom is 0.327 e. The molecule has 5 amide bonds. The number of carbonyl (C=O) groups excluding carboxylic acids is 3. The number of nitrogens with one attached hydrogen (secondary N) is 1. The highest BCUT2D eigenvalue weighted by atomic mass is 16.5. The summed E-state index contributed by atoms with van der Waals surface area (Å²) in [5.74, 6) is 1.31. The van der Waals surface area contributed by atoms with Crippen molar-refractivity contribution in [3.63, 3.8) is 0 Å². The van der Waals surface area contributed by atoms with Crippen LogP contribution in [0.1, 0.15) is 56.3 Å². The molecule has 3 aliphatic rings. The second-order valence-corrected chi connectivity index (χ2v) is 7.66. The van der Waals surface area contributed by atoms with Crippen LogP contribution < -0.4 is 5.32 Å². The van der Waals surface area contributed by atoms with Gasteiger partial charge in [-0.25, -0.2) is 9.59 Å². The van der Waals surface area contributed by atoms with Crippen LogP contribution in [0.5, 0.6) is 0 Å². The fourth-order valence-corrected chi connectivity index (χ4v) is 3.85. The van der Waals surface area contributed by atoms with Crippen LogP contribution in [0.2, 0.25) is 0 Å². The van der Waals surface area contributed by atoms with E-state index in [0.717, 1.165) is 17.7 Å². The Labute approximate surface area is 156 Å². The number of rotatable bonds is 3. The molecule has 27 heavy (non-hydrogen) atoms. The lowest BCUT2D eigenvalue weighted by Gasteiger charge is -2.40. The summed E-state index contributed by atoms with van der Waals surface area (Å²) in [6, 6.07) is -0.928. The summed E-state index contributed by atoms with van der Waals surface area (Å²) in [5.41, 5.74) is -0.833. The van der Waals surface area contributed by atoms with E-state index in [1.807, 2.05) is 0 Å². The Balaban J connectivity index is 1.35. The summed E-state index contributed by atoms with van der Waals surface area (Å²) in [6.07, 6.45) is 3.01. The molecule has 0 aromatic carbocycles. The standard InChI is InChI=1S/C17H24N6O4/c1-10(13-19-12(20-27-13)11-4-5-11)18-15(25)23-8-6-17(7-9-23)14(24)21(2)16(26)22(17)3/h10-11H,4-9H2,1-3H3,(H,18,25)/t10-/m1/s1. The average molecular weight is 376 g/mol. The number of imide groups is 1. The molecule has 146 valence electrons. The number of hydrogen-bond donors (Lipinski definition) is 1. The van der Waals surface area contributed by atoms with Gasteiger partial charge in [-0.2, -0.15) is 4.98 Å². The van der Waals surface area contributed by atoms with Crippen molar-refractivity contribution in [2.45, 2.75) is 50.1 Å². The molecule has 1 aromatic heterocycles. The minimum absolute atomic E-state index is 0.193. The summed E-state index contributed by atoms with van der Waals surface area (Å²) >= 11 is 0. The largest absolute Gasteiger partial charge is 0.337 e. The average Bonchev–Trinajstić information content (AvgIpc) is 3.38. The van der Waals surface area contributed by atoms with Crippen LogP contribution in [0.4, 0.5) is 9.59 Å². The number of hydrogen-bond acceptors (Lipinski definition) is 6. The van der Waals surface area contributed by atoms with E-state index in [-0.39, 0.29) is 18.0 Å². The Morgan fingerprint density at radius 3 is 2.48 bits per heavy atom. The van der Waals surface area contributed by atoms with Gasteiger partial charge in [-0.05, 0) is 32.6 Å². The molecule has 1 N–H and O–H groups in total. The highest BCUT2D eigenvalue weighted by Gasteiger charge is 2.55. The zero-order valence-corrected chi connectivity index (χ0v) is 15.8. The van der Waals surface area contributed by atoms with Crippen molar-refractivity contribution in [1.82, 2.24) is 30.2 Å². The van der Waals surface area contributed by atoms with E-state index < -0.39 is 11.6 Å². The molecule has 3 fully saturated rings. The van der Waals surface area contributed by atoms with Crippen molar-refractivity contribution < 1.29 is 18.9 Å². The number of aromatic nitrogens is 2. The van der Waals surface area contributed by atoms with Crippen molar-refractivity contribution >= 4 is 18.0 Å². The van der Waals surface area contributed by atoms with Gasteiger partial charge in [0.1, 0.15) is 11.6 Å². The second kappa shape index (κ2) is 6.21. The molecule has 0 radical (unpaired) electrons. The molecule has 1 aromatic rings. The summed E-state index contributed by atoms with van der Waals surface area (Å²) < 4.78 is 5.26. The monoisotopic (exact) mass is 376 g/mol. The third kappa shape index (κ3) is 2.83. The Hall–Kier alpha value is -2.65. The number of likely N-dealkylation sites (tertiary alicyclic amines) is 1. The first kappa shape index (κ1) is 17.7. The van der Waals surface area contributed by atoms with Gasteiger partial charge in [-0.1, -0.05) is 5.16 Å². The first-order valence-electron chi connectivity index (χ1n) is 9.28. The predicted molar refractivity (Wildman–Crippen MR) is 92.7 cm³/mol. The van der Waals surface area contributed by atoms with E-state index in [0.29, 0.717) is 43.6 Å². The number of piperidine rings is 1. The second-order valence-electron chi connectivity index (χ2n) is 7.66. The summed E-state index contributed by atoms with van der Waals surface area (Å²) in [7, 11) is 3.14. The molecule has 1 atom stereocenters. The SMILES string of the molecule is C[C@@H](NC(=O)N1CCC2(CC1)C(=O)N(C)C(=O)N2C)c1nc(C2CC2)no1. The van der Waals surface area contributed by atoms with Crippen LogP contribution in [0, 0.1) is 0 Å². The van der Waals surface area contributed by atoms with Crippen molar-refractivity contribution in [3.05, 3.63) is 11.7 Å². The van der Waals surface area contributed by atoms with Gasteiger partial charge in [0, 0.05) is 33.1 Å². The van der Waals surface area contributed by atoms with Crippen molar-refractivity contribution in [1.29, 1.82) is 0 Å². The number of amides is 5. The maximum atomic E-state index is 12.6. The molecule has 0 unspecified atom stereocenters. The first-order valence-corrected chi connectivity index (χ1v) is 9.28. The van der Waals surface area contributed by atoms with Gasteiger partial charge < -0.3 is 19.6 Å². The van der Waals surface area contributed by atoms with Crippen LogP contribution >= 0.6 is 0 Å². The molecule has 2 aliphatic heterocycles. The molecular formula is C17H24N6O4. The number of urea groups is 2. The number of nitrogens with zero attached hydrogens (tertiary/aromatic N) is 5. The van der Waals surface area contributed by atoms with Gasteiger partial charge in [0.2, 0.25) is 5.89 Å². The summed E-state index contributed by atoms with van der Waals surface area (Å²) in [6.45, 7) is 2.59. The van der Waals surface area contributed by atoms with Gasteiger partial charge in [0.15, 0.2) is 5.82 Å². The predicted octanol–water partition coefficient (Wildman–Crippen LogP) is 1.08. The van der Waals surface area contributed by atoms with Crippen LogP contribution in [-0.4, -0.2) is 75.5 Å². The zero-order valence-electron chi connectivity index (χ0n) is 15.8. The number of likely N-dealkylation sites (N-methyl/N-ethyl adjacent to an activating group) is 2. The van der Waals surface area contributed by atoms with Gasteiger partial charge in [0.25, 0.3) is 5.91 Å². The molecule has 2 saturated heterocycles. The minimum atomic E-state index is -0.833.